The first-order valence-electron chi connectivity index (χ1n) is 7.58. The number of nitrogen functional groups attached to an aromatic ring is 1. The van der Waals surface area contributed by atoms with Crippen molar-refractivity contribution in [2.24, 2.45) is 0 Å². The summed E-state index contributed by atoms with van der Waals surface area (Å²) < 4.78 is 10.9. The van der Waals surface area contributed by atoms with E-state index < -0.39 is 0 Å². The van der Waals surface area contributed by atoms with Crippen LogP contribution < -0.4 is 10.6 Å². The van der Waals surface area contributed by atoms with E-state index in [4.69, 9.17) is 15.2 Å². The maximum atomic E-state index is 12.1. The fourth-order valence-electron chi connectivity index (χ4n) is 2.73. The molecular weight excluding hydrogens is 268 g/mol. The minimum atomic E-state index is -0.321. The number of carbonyl (C=O) groups excluding carboxylic acids is 1. The average molecular weight is 292 g/mol. The Bertz CT molecular complexity index is 488. The van der Waals surface area contributed by atoms with Gasteiger partial charge in [0, 0.05) is 25.4 Å². The maximum absolute atomic E-state index is 12.1. The second-order valence-corrected chi connectivity index (χ2v) is 5.16. The third kappa shape index (κ3) is 3.88. The molecule has 1 aliphatic heterocycles. The largest absolute Gasteiger partial charge is 0.462 e. The van der Waals surface area contributed by atoms with Crippen molar-refractivity contribution in [3.8, 4) is 0 Å². The molecule has 0 spiro atoms. The number of esters is 1. The van der Waals surface area contributed by atoms with Gasteiger partial charge in [-0.25, -0.2) is 4.79 Å². The number of nitrogens with two attached hydrogens (primary N) is 1. The highest BCUT2D eigenvalue weighted by atomic mass is 16.5. The Labute approximate surface area is 126 Å². The van der Waals surface area contributed by atoms with E-state index >= 15 is 0 Å². The van der Waals surface area contributed by atoms with Crippen molar-refractivity contribution in [2.45, 2.75) is 32.8 Å². The van der Waals surface area contributed by atoms with Crippen LogP contribution in [0.5, 0.6) is 0 Å². The maximum Gasteiger partial charge on any atom is 0.340 e. The number of hydrogen-bond acceptors (Lipinski definition) is 5. The van der Waals surface area contributed by atoms with Gasteiger partial charge in [-0.15, -0.1) is 0 Å². The highest BCUT2D eigenvalue weighted by molar-refractivity contribution is 5.97. The minimum Gasteiger partial charge on any atom is -0.462 e. The molecule has 116 valence electrons. The normalized spacial score (nSPS) is 18.6. The zero-order chi connectivity index (χ0) is 15.2. The zero-order valence-corrected chi connectivity index (χ0v) is 12.8. The molecular formula is C16H24N2O3. The Balaban J connectivity index is 2.23. The van der Waals surface area contributed by atoms with Crippen molar-refractivity contribution in [3.63, 3.8) is 0 Å². The molecule has 2 rings (SSSR count). The Morgan fingerprint density at radius 3 is 2.90 bits per heavy atom. The molecule has 1 fully saturated rings. The SMILES string of the molecule is CCOC(=O)c1cc(N)ccc1N1CCCC(OCC)C1. The van der Waals surface area contributed by atoms with Gasteiger partial charge in [0.2, 0.25) is 0 Å². The van der Waals surface area contributed by atoms with Gasteiger partial charge in [0.05, 0.1) is 24.0 Å². The van der Waals surface area contributed by atoms with Crippen LogP contribution in [0.3, 0.4) is 0 Å². The molecule has 1 aliphatic rings. The molecule has 1 unspecified atom stereocenters. The first-order chi connectivity index (χ1) is 10.2. The molecule has 1 aromatic carbocycles. The second kappa shape index (κ2) is 7.31. The highest BCUT2D eigenvalue weighted by Crippen LogP contribution is 2.27. The van der Waals surface area contributed by atoms with Crippen molar-refractivity contribution in [1.29, 1.82) is 0 Å². The van der Waals surface area contributed by atoms with E-state index in [0.29, 0.717) is 24.5 Å². The van der Waals surface area contributed by atoms with E-state index in [1.807, 2.05) is 19.1 Å². The van der Waals surface area contributed by atoms with Gasteiger partial charge < -0.3 is 20.1 Å². The quantitative estimate of drug-likeness (QED) is 0.667. The summed E-state index contributed by atoms with van der Waals surface area (Å²) in [5.74, 6) is -0.321. The van der Waals surface area contributed by atoms with Crippen LogP contribution in [0.2, 0.25) is 0 Å². The molecule has 5 heteroatoms. The van der Waals surface area contributed by atoms with Crippen LogP contribution in [0.4, 0.5) is 11.4 Å². The van der Waals surface area contributed by atoms with Crippen LogP contribution in [0.25, 0.3) is 0 Å². The summed E-state index contributed by atoms with van der Waals surface area (Å²) in [5, 5.41) is 0. The molecule has 0 amide bonds. The van der Waals surface area contributed by atoms with Gasteiger partial charge in [-0.2, -0.15) is 0 Å². The molecule has 1 atom stereocenters. The van der Waals surface area contributed by atoms with Gasteiger partial charge in [0.15, 0.2) is 0 Å². The van der Waals surface area contributed by atoms with E-state index in [-0.39, 0.29) is 12.1 Å². The number of ether oxygens (including phenoxy) is 2. The molecule has 0 saturated carbocycles. The number of rotatable bonds is 5. The third-order valence-electron chi connectivity index (χ3n) is 3.64. The lowest BCUT2D eigenvalue weighted by Gasteiger charge is -2.35. The van der Waals surface area contributed by atoms with Crippen molar-refractivity contribution < 1.29 is 14.3 Å². The van der Waals surface area contributed by atoms with Crippen LogP contribution in [-0.2, 0) is 9.47 Å². The van der Waals surface area contributed by atoms with Gasteiger partial charge in [0.1, 0.15) is 0 Å². The number of nitrogens with zero attached hydrogens (tertiary/aromatic N) is 1. The van der Waals surface area contributed by atoms with E-state index in [0.717, 1.165) is 31.6 Å². The average Bonchev–Trinajstić information content (AvgIpc) is 2.48. The summed E-state index contributed by atoms with van der Waals surface area (Å²) in [6, 6.07) is 5.41. The summed E-state index contributed by atoms with van der Waals surface area (Å²) in [7, 11) is 0. The highest BCUT2D eigenvalue weighted by Gasteiger charge is 2.24. The zero-order valence-electron chi connectivity index (χ0n) is 12.8. The van der Waals surface area contributed by atoms with Crippen LogP contribution in [0, 0.1) is 0 Å². The Hall–Kier alpha value is -1.75. The van der Waals surface area contributed by atoms with E-state index in [9.17, 15) is 4.79 Å². The summed E-state index contributed by atoms with van der Waals surface area (Å²) in [6.07, 6.45) is 2.34. The molecule has 0 aliphatic carbocycles. The molecule has 21 heavy (non-hydrogen) atoms. The topological polar surface area (TPSA) is 64.8 Å². The Kier molecular flexibility index (Phi) is 5.44. The number of benzene rings is 1. The van der Waals surface area contributed by atoms with Crippen molar-refractivity contribution in [1.82, 2.24) is 0 Å². The smallest absolute Gasteiger partial charge is 0.340 e. The van der Waals surface area contributed by atoms with Gasteiger partial charge in [-0.05, 0) is 44.9 Å². The predicted molar refractivity (Wildman–Crippen MR) is 83.7 cm³/mol. The lowest BCUT2D eigenvalue weighted by atomic mass is 10.0. The molecule has 0 radical (unpaired) electrons. The molecule has 0 bridgehead atoms. The van der Waals surface area contributed by atoms with E-state index in [1.54, 1.807) is 13.0 Å². The van der Waals surface area contributed by atoms with Gasteiger partial charge >= 0.3 is 5.97 Å². The molecule has 1 heterocycles. The Morgan fingerprint density at radius 1 is 1.38 bits per heavy atom. The van der Waals surface area contributed by atoms with Gasteiger partial charge in [-0.1, -0.05) is 0 Å². The number of piperidine rings is 1. The van der Waals surface area contributed by atoms with Crippen LogP contribution >= 0.6 is 0 Å². The Morgan fingerprint density at radius 2 is 2.19 bits per heavy atom. The van der Waals surface area contributed by atoms with Crippen LogP contribution in [0.15, 0.2) is 18.2 Å². The molecule has 5 nitrogen and oxygen atoms in total. The number of anilines is 2. The summed E-state index contributed by atoms with van der Waals surface area (Å²) in [6.45, 7) is 6.59. The van der Waals surface area contributed by atoms with Crippen molar-refractivity contribution >= 4 is 17.3 Å². The van der Waals surface area contributed by atoms with E-state index in [2.05, 4.69) is 4.90 Å². The van der Waals surface area contributed by atoms with Gasteiger partial charge in [0.25, 0.3) is 0 Å². The molecule has 2 N–H and O–H groups in total. The summed E-state index contributed by atoms with van der Waals surface area (Å²) in [5.41, 5.74) is 7.80. The standard InChI is InChI=1S/C16H24N2O3/c1-3-20-13-6-5-9-18(11-13)15-8-7-12(17)10-14(15)16(19)21-4-2/h7-8,10,13H,3-6,9,11,17H2,1-2H3. The van der Waals surface area contributed by atoms with Crippen LogP contribution in [-0.4, -0.2) is 38.4 Å². The number of carbonyl (C=O) groups is 1. The van der Waals surface area contributed by atoms with Crippen LogP contribution in [0.1, 0.15) is 37.0 Å². The van der Waals surface area contributed by atoms with Crippen molar-refractivity contribution in [3.05, 3.63) is 23.8 Å². The summed E-state index contributed by atoms with van der Waals surface area (Å²) >= 11 is 0. The fourth-order valence-corrected chi connectivity index (χ4v) is 2.73. The van der Waals surface area contributed by atoms with Crippen molar-refractivity contribution in [2.75, 3.05) is 36.9 Å². The predicted octanol–water partition coefficient (Wildman–Crippen LogP) is 2.45. The first kappa shape index (κ1) is 15.6. The van der Waals surface area contributed by atoms with E-state index in [1.165, 1.54) is 0 Å². The summed E-state index contributed by atoms with van der Waals surface area (Å²) in [4.78, 5) is 14.3. The molecule has 1 saturated heterocycles. The first-order valence-corrected chi connectivity index (χ1v) is 7.58. The number of hydrogen-bond donors (Lipinski definition) is 1. The minimum absolute atomic E-state index is 0.219. The molecule has 1 aromatic rings. The fraction of sp³-hybridized carbons (Fsp3) is 0.562. The van der Waals surface area contributed by atoms with Gasteiger partial charge in [-0.3, -0.25) is 0 Å². The third-order valence-corrected chi connectivity index (χ3v) is 3.64. The molecule has 0 aromatic heterocycles. The monoisotopic (exact) mass is 292 g/mol. The lowest BCUT2D eigenvalue weighted by molar-refractivity contribution is 0.0505. The second-order valence-electron chi connectivity index (χ2n) is 5.16. The lowest BCUT2D eigenvalue weighted by Crippen LogP contribution is -2.40.